The molecule has 0 aliphatic rings. The van der Waals surface area contributed by atoms with Crippen LogP contribution < -0.4 is 5.82 Å². The molecule has 0 radical (unpaired) electrons. The monoisotopic (exact) mass is 664 g/mol. The minimum atomic E-state index is -0.953. The molecular formula is C33H40N6O9. The number of aromatic nitrogens is 4. The number of rotatable bonds is 18. The number of carbonyl (C=O) groups is 2. The summed E-state index contributed by atoms with van der Waals surface area (Å²) in [6, 6.07) is 14.5. The molecule has 0 saturated heterocycles. The first-order valence-electron chi connectivity index (χ1n) is 15.9. The van der Waals surface area contributed by atoms with Crippen molar-refractivity contribution in [2.75, 3.05) is 0 Å². The summed E-state index contributed by atoms with van der Waals surface area (Å²) in [4.78, 5) is 55.7. The summed E-state index contributed by atoms with van der Waals surface area (Å²) in [5, 5.41) is 24.0. The van der Waals surface area contributed by atoms with Crippen molar-refractivity contribution in [3.8, 4) is 22.5 Å². The molecule has 0 fully saturated rings. The molecule has 0 aliphatic heterocycles. The zero-order valence-corrected chi connectivity index (χ0v) is 27.4. The third-order valence-electron chi connectivity index (χ3n) is 7.75. The predicted molar refractivity (Wildman–Crippen MR) is 171 cm³/mol. The molecule has 0 bridgehead atoms. The molecule has 15 heteroatoms. The quantitative estimate of drug-likeness (QED) is 0.0821. The number of nitrogens with zero attached hydrogens (tertiary/aromatic N) is 5. The molecule has 2 heterocycles. The maximum absolute atomic E-state index is 13.6. The smallest absolute Gasteiger partial charge is 0.456 e. The minimum Gasteiger partial charge on any atom is -0.456 e. The highest BCUT2D eigenvalue weighted by molar-refractivity contribution is 5.85. The summed E-state index contributed by atoms with van der Waals surface area (Å²) in [6.45, 7) is 7.01. The summed E-state index contributed by atoms with van der Waals surface area (Å²) in [5.41, 5.74) is 3.46. The number of amides is 1. The van der Waals surface area contributed by atoms with E-state index in [0.717, 1.165) is 28.7 Å². The standard InChI is InChI=1S/C33H40N6O9/c1-5-6-14-29(40)38(19-23-15-17-24(18-16-23)25-11-7-8-12-26(25)31-34-36-37-35-31)30(21(2)3)32(41)45-20-28-27(46-33(42)47-28)13-9-10-22(4)48-39(43)44/h7-8,11-12,15-18,21-22,30H,5-6,9-10,13-14,19-20H2,1-4H3,(H,34,35,36,37)/t22-,30+/m1/s1. The van der Waals surface area contributed by atoms with Crippen LogP contribution in [-0.2, 0) is 38.7 Å². The van der Waals surface area contributed by atoms with E-state index in [1.165, 1.54) is 0 Å². The van der Waals surface area contributed by atoms with Crippen molar-refractivity contribution < 1.29 is 33.1 Å². The summed E-state index contributed by atoms with van der Waals surface area (Å²) in [6.07, 6.45) is 2.03. The first-order valence-corrected chi connectivity index (χ1v) is 15.9. The van der Waals surface area contributed by atoms with Gasteiger partial charge < -0.3 is 23.3 Å². The van der Waals surface area contributed by atoms with Gasteiger partial charge in [-0.05, 0) is 54.0 Å². The molecule has 1 N–H and O–H groups in total. The lowest BCUT2D eigenvalue weighted by molar-refractivity contribution is -0.767. The number of hydrogen-bond donors (Lipinski definition) is 1. The number of unbranched alkanes of at least 4 members (excludes halogenated alkanes) is 1. The molecule has 256 valence electrons. The maximum Gasteiger partial charge on any atom is 0.519 e. The van der Waals surface area contributed by atoms with Gasteiger partial charge >= 0.3 is 11.8 Å². The molecule has 2 aromatic carbocycles. The van der Waals surface area contributed by atoms with E-state index < -0.39 is 29.0 Å². The molecule has 0 spiro atoms. The SMILES string of the molecule is CCCCC(=O)N(Cc1ccc(-c2ccccc2-c2nn[nH]n2)cc1)[C@H](C(=O)OCc1oc(=O)oc1CCC[C@@H](C)O[N+](=O)[O-])C(C)C. The molecule has 0 saturated carbocycles. The van der Waals surface area contributed by atoms with Crippen LogP contribution in [0.1, 0.15) is 76.9 Å². The van der Waals surface area contributed by atoms with Crippen molar-refractivity contribution in [1.29, 1.82) is 0 Å². The molecule has 0 unspecified atom stereocenters. The topological polar surface area (TPSA) is 197 Å². The molecule has 0 aliphatic carbocycles. The fourth-order valence-corrected chi connectivity index (χ4v) is 5.37. The van der Waals surface area contributed by atoms with E-state index in [1.807, 2.05) is 69.3 Å². The van der Waals surface area contributed by atoms with E-state index >= 15 is 0 Å². The molecular weight excluding hydrogens is 624 g/mol. The number of esters is 1. The Bertz CT molecular complexity index is 1700. The lowest BCUT2D eigenvalue weighted by atomic mass is 9.97. The van der Waals surface area contributed by atoms with E-state index in [1.54, 1.807) is 11.8 Å². The number of hydrogen-bond acceptors (Lipinski definition) is 12. The Hall–Kier alpha value is -5.34. The molecule has 1 amide bonds. The molecule has 15 nitrogen and oxygen atoms in total. The highest BCUT2D eigenvalue weighted by Crippen LogP contribution is 2.30. The fraction of sp³-hybridized carbons (Fsp3) is 0.455. The Morgan fingerprint density at radius 1 is 1.02 bits per heavy atom. The number of aryl methyl sites for hydroxylation is 1. The summed E-state index contributed by atoms with van der Waals surface area (Å²) < 4.78 is 15.9. The van der Waals surface area contributed by atoms with E-state index in [4.69, 9.17) is 13.6 Å². The Labute approximate surface area is 276 Å². The van der Waals surface area contributed by atoms with Crippen LogP contribution in [-0.4, -0.2) is 54.6 Å². The highest BCUT2D eigenvalue weighted by Gasteiger charge is 2.34. The van der Waals surface area contributed by atoms with Gasteiger partial charge in [-0.25, -0.2) is 9.59 Å². The van der Waals surface area contributed by atoms with Crippen LogP contribution in [0.5, 0.6) is 0 Å². The Morgan fingerprint density at radius 3 is 2.38 bits per heavy atom. The third-order valence-corrected chi connectivity index (χ3v) is 7.75. The number of aromatic amines is 1. The van der Waals surface area contributed by atoms with E-state index in [0.29, 0.717) is 25.1 Å². The van der Waals surface area contributed by atoms with Gasteiger partial charge in [-0.3, -0.25) is 4.79 Å². The van der Waals surface area contributed by atoms with Crippen LogP contribution >= 0.6 is 0 Å². The van der Waals surface area contributed by atoms with Gasteiger partial charge in [-0.2, -0.15) is 5.21 Å². The maximum atomic E-state index is 13.6. The Morgan fingerprint density at radius 2 is 1.73 bits per heavy atom. The van der Waals surface area contributed by atoms with Crippen LogP contribution in [0.4, 0.5) is 0 Å². The van der Waals surface area contributed by atoms with Gasteiger partial charge in [-0.15, -0.1) is 20.3 Å². The first-order chi connectivity index (χ1) is 23.1. The number of carbonyl (C=O) groups excluding carboxylic acids is 2. The van der Waals surface area contributed by atoms with Crippen molar-refractivity contribution in [2.45, 2.75) is 91.5 Å². The van der Waals surface area contributed by atoms with E-state index in [2.05, 4.69) is 25.5 Å². The van der Waals surface area contributed by atoms with Crippen molar-refractivity contribution >= 4 is 11.9 Å². The van der Waals surface area contributed by atoms with E-state index in [-0.39, 0.29) is 49.3 Å². The number of tetrazole rings is 1. The van der Waals surface area contributed by atoms with Crippen molar-refractivity contribution in [3.05, 3.63) is 86.3 Å². The largest absolute Gasteiger partial charge is 0.519 e. The van der Waals surface area contributed by atoms with Crippen LogP contribution in [0.3, 0.4) is 0 Å². The lowest BCUT2D eigenvalue weighted by Crippen LogP contribution is -2.48. The van der Waals surface area contributed by atoms with Gasteiger partial charge in [0.05, 0.1) is 0 Å². The predicted octanol–water partition coefficient (Wildman–Crippen LogP) is 5.29. The Kier molecular flexibility index (Phi) is 12.6. The van der Waals surface area contributed by atoms with Crippen LogP contribution in [0.15, 0.2) is 62.2 Å². The van der Waals surface area contributed by atoms with Crippen LogP contribution in [0.25, 0.3) is 22.5 Å². The summed E-state index contributed by atoms with van der Waals surface area (Å²) >= 11 is 0. The van der Waals surface area contributed by atoms with Gasteiger partial charge in [-0.1, -0.05) is 75.7 Å². The molecule has 48 heavy (non-hydrogen) atoms. The van der Waals surface area contributed by atoms with Gasteiger partial charge in [0, 0.05) is 24.9 Å². The average molecular weight is 665 g/mol. The van der Waals surface area contributed by atoms with Gasteiger partial charge in [0.25, 0.3) is 5.09 Å². The zero-order valence-electron chi connectivity index (χ0n) is 27.4. The van der Waals surface area contributed by atoms with Crippen LogP contribution in [0.2, 0.25) is 0 Å². The Balaban J connectivity index is 1.49. The molecule has 2 aromatic heterocycles. The van der Waals surface area contributed by atoms with Gasteiger partial charge in [0.15, 0.2) is 18.1 Å². The fourth-order valence-electron chi connectivity index (χ4n) is 5.37. The van der Waals surface area contributed by atoms with Gasteiger partial charge in [0.2, 0.25) is 11.7 Å². The lowest BCUT2D eigenvalue weighted by Gasteiger charge is -2.33. The van der Waals surface area contributed by atoms with Crippen molar-refractivity contribution in [3.63, 3.8) is 0 Å². The molecule has 2 atom stereocenters. The van der Waals surface area contributed by atoms with E-state index in [9.17, 15) is 24.5 Å². The molecule has 4 rings (SSSR count). The number of H-pyrrole nitrogens is 1. The normalized spacial score (nSPS) is 12.4. The van der Waals surface area contributed by atoms with Crippen LogP contribution in [0, 0.1) is 16.0 Å². The first kappa shape index (κ1) is 35.5. The van der Waals surface area contributed by atoms with Gasteiger partial charge in [0.1, 0.15) is 12.1 Å². The van der Waals surface area contributed by atoms with Crippen molar-refractivity contribution in [2.24, 2.45) is 5.92 Å². The minimum absolute atomic E-state index is 0.0410. The number of nitrogens with one attached hydrogen (secondary N) is 1. The molecule has 4 aromatic rings. The number of benzene rings is 2. The summed E-state index contributed by atoms with van der Waals surface area (Å²) in [7, 11) is 0. The highest BCUT2D eigenvalue weighted by atomic mass is 17.0. The third kappa shape index (κ3) is 9.59. The second-order valence-corrected chi connectivity index (χ2v) is 11.7. The number of ether oxygens (including phenoxy) is 1. The second kappa shape index (κ2) is 17.0. The summed E-state index contributed by atoms with van der Waals surface area (Å²) in [5.74, 6) is -1.39. The zero-order chi connectivity index (χ0) is 34.6. The average Bonchev–Trinajstić information content (AvgIpc) is 3.72. The second-order valence-electron chi connectivity index (χ2n) is 11.7. The van der Waals surface area contributed by atoms with Crippen molar-refractivity contribution in [1.82, 2.24) is 25.5 Å².